The van der Waals surface area contributed by atoms with Crippen molar-refractivity contribution in [2.24, 2.45) is 5.92 Å². The number of likely N-dealkylation sites (tertiary alicyclic amines) is 1. The fraction of sp³-hybridized carbons (Fsp3) is 0.600. The summed E-state index contributed by atoms with van der Waals surface area (Å²) in [5, 5.41) is 13.2. The third-order valence-electron chi connectivity index (χ3n) is 8.31. The maximum absolute atomic E-state index is 15.2. The minimum absolute atomic E-state index is 0.0163. The molecule has 1 amide bonds. The van der Waals surface area contributed by atoms with Gasteiger partial charge in [-0.25, -0.2) is 19.2 Å². The van der Waals surface area contributed by atoms with Gasteiger partial charge in [-0.05, 0) is 37.7 Å². The molecule has 3 aromatic heterocycles. The molecular formula is C25H31FN8O4. The zero-order chi connectivity index (χ0) is 25.9. The first-order chi connectivity index (χ1) is 18.5. The van der Waals surface area contributed by atoms with Crippen molar-refractivity contribution in [2.75, 3.05) is 32.2 Å². The molecule has 2 bridgehead atoms. The number of H-pyrrole nitrogens is 1. The summed E-state index contributed by atoms with van der Waals surface area (Å²) in [6, 6.07) is 3.94. The predicted molar refractivity (Wildman–Crippen MR) is 133 cm³/mol. The van der Waals surface area contributed by atoms with E-state index in [2.05, 4.69) is 30.7 Å². The van der Waals surface area contributed by atoms with E-state index in [1.165, 1.54) is 0 Å². The number of anilines is 2. The van der Waals surface area contributed by atoms with Crippen LogP contribution in [0.25, 0.3) is 5.65 Å². The minimum atomic E-state index is -1.51. The lowest BCUT2D eigenvalue weighted by atomic mass is 9.50. The van der Waals surface area contributed by atoms with Gasteiger partial charge >= 0.3 is 6.09 Å². The Morgan fingerprint density at radius 1 is 1.37 bits per heavy atom. The quantitative estimate of drug-likeness (QED) is 0.385. The van der Waals surface area contributed by atoms with Crippen LogP contribution in [0.5, 0.6) is 0 Å². The van der Waals surface area contributed by atoms with Crippen LogP contribution in [0.2, 0.25) is 0 Å². The van der Waals surface area contributed by atoms with Crippen LogP contribution >= 0.6 is 0 Å². The van der Waals surface area contributed by atoms with Crippen LogP contribution in [0.4, 0.5) is 21.0 Å². The molecule has 0 aromatic carbocycles. The minimum Gasteiger partial charge on any atom is -0.441 e. The summed E-state index contributed by atoms with van der Waals surface area (Å²) in [4.78, 5) is 23.8. The number of alkyl halides is 1. The van der Waals surface area contributed by atoms with Crippen LogP contribution in [0.15, 0.2) is 24.5 Å². The number of carbonyl (C=O) groups is 1. The van der Waals surface area contributed by atoms with Gasteiger partial charge in [-0.1, -0.05) is 0 Å². The van der Waals surface area contributed by atoms with Gasteiger partial charge in [-0.2, -0.15) is 5.10 Å². The highest BCUT2D eigenvalue weighted by atomic mass is 19.1. The first-order valence-corrected chi connectivity index (χ1v) is 13.1. The Morgan fingerprint density at radius 3 is 2.97 bits per heavy atom. The van der Waals surface area contributed by atoms with E-state index in [0.29, 0.717) is 23.5 Å². The Morgan fingerprint density at radius 2 is 2.24 bits per heavy atom. The number of carbonyl (C=O) groups excluding carboxylic acids is 1. The van der Waals surface area contributed by atoms with Crippen LogP contribution < -0.4 is 10.6 Å². The number of aromatic amines is 1. The highest BCUT2D eigenvalue weighted by molar-refractivity contribution is 5.69. The summed E-state index contributed by atoms with van der Waals surface area (Å²) in [6.45, 7) is 2.46. The third kappa shape index (κ3) is 4.18. The molecule has 5 heterocycles. The molecule has 12 nitrogen and oxygen atoms in total. The van der Waals surface area contributed by atoms with Crippen LogP contribution in [0, 0.1) is 5.92 Å². The van der Waals surface area contributed by atoms with Crippen molar-refractivity contribution >= 4 is 23.5 Å². The number of imidazole rings is 1. The fourth-order valence-corrected chi connectivity index (χ4v) is 6.04. The van der Waals surface area contributed by atoms with Gasteiger partial charge in [0.15, 0.2) is 18.1 Å². The average molecular weight is 527 g/mol. The number of alkyl carbamates (subject to hydrolysis) is 1. The normalized spacial score (nSPS) is 31.9. The Balaban J connectivity index is 0.989. The number of hydrogen-bond donors (Lipinski definition) is 3. The van der Waals surface area contributed by atoms with E-state index in [0.717, 1.165) is 62.6 Å². The topological polar surface area (TPSA) is 131 Å². The summed E-state index contributed by atoms with van der Waals surface area (Å²) in [7, 11) is 1.72. The molecule has 3 N–H and O–H groups in total. The van der Waals surface area contributed by atoms with Crippen LogP contribution in [0.3, 0.4) is 0 Å². The number of ether oxygens (including phenoxy) is 3. The van der Waals surface area contributed by atoms with E-state index in [-0.39, 0.29) is 12.1 Å². The maximum atomic E-state index is 15.2. The van der Waals surface area contributed by atoms with E-state index < -0.39 is 24.5 Å². The second-order valence-electron chi connectivity index (χ2n) is 11.0. The van der Waals surface area contributed by atoms with Crippen LogP contribution in [-0.2, 0) is 20.8 Å². The van der Waals surface area contributed by atoms with Gasteiger partial charge in [0.05, 0.1) is 24.6 Å². The van der Waals surface area contributed by atoms with Crippen LogP contribution in [-0.4, -0.2) is 86.3 Å². The van der Waals surface area contributed by atoms with Gasteiger partial charge < -0.3 is 24.8 Å². The Kier molecular flexibility index (Phi) is 5.74. The Hall–Kier alpha value is -3.29. The molecule has 5 aliphatic rings. The SMILES string of the molecule is COCC1CCN1Cc1cn2c(Nc3cc([C@H]4OC[C@@H](OC(=O)NC56CC(C5)C6)[C@@H]4F)[nH]n3)nccc2n1. The van der Waals surface area contributed by atoms with Gasteiger partial charge in [-0.3, -0.25) is 14.4 Å². The molecule has 2 saturated heterocycles. The molecule has 3 saturated carbocycles. The zero-order valence-electron chi connectivity index (χ0n) is 21.1. The fourth-order valence-electron chi connectivity index (χ4n) is 6.04. The molecule has 0 radical (unpaired) electrons. The first-order valence-electron chi connectivity index (χ1n) is 13.1. The Bertz CT molecular complexity index is 1330. The number of nitrogens with zero attached hydrogens (tertiary/aromatic N) is 5. The van der Waals surface area contributed by atoms with Crippen molar-refractivity contribution in [1.82, 2.24) is 34.8 Å². The van der Waals surface area contributed by atoms with Gasteiger partial charge in [0.1, 0.15) is 11.8 Å². The second-order valence-corrected chi connectivity index (χ2v) is 11.0. The number of rotatable bonds is 9. The van der Waals surface area contributed by atoms with E-state index in [4.69, 9.17) is 19.2 Å². The molecule has 2 aliphatic heterocycles. The summed E-state index contributed by atoms with van der Waals surface area (Å²) >= 11 is 0. The summed E-state index contributed by atoms with van der Waals surface area (Å²) in [5.74, 6) is 1.72. The molecule has 4 atom stereocenters. The van der Waals surface area contributed by atoms with Crippen molar-refractivity contribution in [3.8, 4) is 0 Å². The van der Waals surface area contributed by atoms with Gasteiger partial charge in [0.2, 0.25) is 5.95 Å². The van der Waals surface area contributed by atoms with Gasteiger partial charge in [0, 0.05) is 50.2 Å². The number of halogens is 1. The molecule has 5 fully saturated rings. The smallest absolute Gasteiger partial charge is 0.408 e. The molecule has 38 heavy (non-hydrogen) atoms. The number of amides is 1. The molecule has 202 valence electrons. The van der Waals surface area contributed by atoms with E-state index in [9.17, 15) is 4.79 Å². The van der Waals surface area contributed by atoms with E-state index >= 15 is 4.39 Å². The van der Waals surface area contributed by atoms with Crippen molar-refractivity contribution in [3.63, 3.8) is 0 Å². The summed E-state index contributed by atoms with van der Waals surface area (Å²) < 4.78 is 33.3. The first kappa shape index (κ1) is 23.8. The van der Waals surface area contributed by atoms with Crippen molar-refractivity contribution < 1.29 is 23.4 Å². The molecular weight excluding hydrogens is 495 g/mol. The molecule has 3 aliphatic carbocycles. The number of aromatic nitrogens is 5. The van der Waals surface area contributed by atoms with E-state index in [1.807, 2.05) is 16.7 Å². The van der Waals surface area contributed by atoms with Gasteiger partial charge in [0.25, 0.3) is 0 Å². The van der Waals surface area contributed by atoms with Crippen molar-refractivity contribution in [1.29, 1.82) is 0 Å². The highest BCUT2D eigenvalue weighted by Crippen LogP contribution is 2.57. The molecule has 8 rings (SSSR count). The number of methoxy groups -OCH3 is 1. The summed E-state index contributed by atoms with van der Waals surface area (Å²) in [5.41, 5.74) is 2.03. The number of nitrogens with one attached hydrogen (secondary N) is 3. The molecule has 0 spiro atoms. The van der Waals surface area contributed by atoms with Gasteiger partial charge in [-0.15, -0.1) is 0 Å². The highest BCUT2D eigenvalue weighted by Gasteiger charge is 2.58. The molecule has 1 unspecified atom stereocenters. The standard InChI is InChI=1S/C25H31FN8O4/c1-36-12-16-3-5-33(16)10-15-11-34-20(28-15)2-4-27-23(34)29-19-6-17(31-32-19)22-21(26)18(13-37-22)38-24(35)30-25-7-14(8-25)9-25/h2,4,6,11,14,16,18,21-22H,3,5,7-10,12-13H2,1H3,(H,30,35)(H2,27,29,31,32)/t14?,16?,18-,21+,22-,25?/m1/s1. The zero-order valence-corrected chi connectivity index (χ0v) is 21.1. The molecule has 13 heteroatoms. The number of hydrogen-bond acceptors (Lipinski definition) is 9. The van der Waals surface area contributed by atoms with Crippen molar-refractivity contribution in [3.05, 3.63) is 35.9 Å². The maximum Gasteiger partial charge on any atom is 0.408 e. The molecule has 3 aromatic rings. The largest absolute Gasteiger partial charge is 0.441 e. The average Bonchev–Trinajstić information content (AvgIpc) is 3.56. The predicted octanol–water partition coefficient (Wildman–Crippen LogP) is 2.47. The van der Waals surface area contributed by atoms with Crippen molar-refractivity contribution in [2.45, 2.75) is 62.2 Å². The lowest BCUT2D eigenvalue weighted by molar-refractivity contribution is -0.0528. The lowest BCUT2D eigenvalue weighted by Gasteiger charge is -2.61. The lowest BCUT2D eigenvalue weighted by Crippen LogP contribution is -2.68. The third-order valence-corrected chi connectivity index (χ3v) is 8.31. The summed E-state index contributed by atoms with van der Waals surface area (Å²) in [6.07, 6.45) is 3.77. The van der Waals surface area contributed by atoms with E-state index in [1.54, 1.807) is 19.4 Å². The second kappa shape index (κ2) is 9.17. The number of fused-ring (bicyclic) bond motifs is 1. The monoisotopic (exact) mass is 526 g/mol. The Labute approximate surface area is 218 Å². The van der Waals surface area contributed by atoms with Crippen LogP contribution in [0.1, 0.15) is 43.2 Å².